The lowest BCUT2D eigenvalue weighted by Gasteiger charge is -2.52. The van der Waals surface area contributed by atoms with E-state index in [0.717, 1.165) is 31.4 Å². The van der Waals surface area contributed by atoms with Crippen molar-refractivity contribution in [2.45, 2.75) is 58.3 Å². The van der Waals surface area contributed by atoms with Crippen LogP contribution in [0.15, 0.2) is 18.2 Å². The fourth-order valence-electron chi connectivity index (χ4n) is 6.16. The summed E-state index contributed by atoms with van der Waals surface area (Å²) in [6.45, 7) is 4.58. The Kier molecular flexibility index (Phi) is 3.55. The molecule has 0 heterocycles. The van der Waals surface area contributed by atoms with Crippen LogP contribution in [0.2, 0.25) is 0 Å². The number of methoxy groups -OCH3 is 1. The molecule has 4 rings (SSSR count). The van der Waals surface area contributed by atoms with Crippen molar-refractivity contribution in [2.75, 3.05) is 7.11 Å². The molecule has 0 radical (unpaired) electrons. The highest BCUT2D eigenvalue weighted by atomic mass is 16.5. The van der Waals surface area contributed by atoms with Crippen molar-refractivity contribution >= 4 is 5.78 Å². The van der Waals surface area contributed by atoms with E-state index in [1.54, 1.807) is 12.7 Å². The van der Waals surface area contributed by atoms with Gasteiger partial charge in [-0.25, -0.2) is 0 Å². The zero-order chi connectivity index (χ0) is 16.2. The first-order valence-electron chi connectivity index (χ1n) is 9.28. The number of hydrogen-bond acceptors (Lipinski definition) is 2. The Morgan fingerprint density at radius 2 is 2.09 bits per heavy atom. The number of fused-ring (bicyclic) bond motifs is 5. The Bertz CT molecular complexity index is 635. The molecule has 2 heteroatoms. The van der Waals surface area contributed by atoms with Gasteiger partial charge in [0.05, 0.1) is 7.11 Å². The van der Waals surface area contributed by atoms with Gasteiger partial charge in [-0.2, -0.15) is 0 Å². The maximum absolute atomic E-state index is 12.6. The average Bonchev–Trinajstić information content (AvgIpc) is 2.88. The summed E-state index contributed by atoms with van der Waals surface area (Å²) in [5, 5.41) is 0. The van der Waals surface area contributed by atoms with Gasteiger partial charge < -0.3 is 4.74 Å². The summed E-state index contributed by atoms with van der Waals surface area (Å²) in [7, 11) is 1.75. The number of Topliss-reactive ketones (excluding diaryl/α,β-unsaturated/α-hetero) is 1. The molecular formula is C21H28O2. The zero-order valence-electron chi connectivity index (χ0n) is 14.6. The van der Waals surface area contributed by atoms with E-state index in [1.165, 1.54) is 18.4 Å². The predicted octanol–water partition coefficient (Wildman–Crippen LogP) is 4.76. The predicted molar refractivity (Wildman–Crippen MR) is 91.8 cm³/mol. The van der Waals surface area contributed by atoms with Crippen LogP contribution in [0.4, 0.5) is 0 Å². The van der Waals surface area contributed by atoms with Crippen molar-refractivity contribution < 1.29 is 9.53 Å². The molecule has 0 saturated heterocycles. The maximum Gasteiger partial charge on any atom is 0.139 e. The second kappa shape index (κ2) is 5.36. The molecule has 0 N–H and O–H groups in total. The molecule has 3 aliphatic carbocycles. The van der Waals surface area contributed by atoms with Gasteiger partial charge in [-0.1, -0.05) is 26.3 Å². The Labute approximate surface area is 139 Å². The molecule has 0 aliphatic heterocycles. The number of carbonyl (C=O) groups excluding carboxylic acids is 1. The molecule has 2 nitrogen and oxygen atoms in total. The van der Waals surface area contributed by atoms with Crippen LogP contribution in [0.5, 0.6) is 5.75 Å². The maximum atomic E-state index is 12.6. The third-order valence-electron chi connectivity index (χ3n) is 7.29. The van der Waals surface area contributed by atoms with E-state index in [0.29, 0.717) is 29.5 Å². The normalized spacial score (nSPS) is 38.7. The van der Waals surface area contributed by atoms with E-state index in [4.69, 9.17) is 4.74 Å². The van der Waals surface area contributed by atoms with Crippen LogP contribution in [-0.4, -0.2) is 12.9 Å². The first kappa shape index (κ1) is 15.2. The number of rotatable bonds is 2. The van der Waals surface area contributed by atoms with Crippen molar-refractivity contribution in [3.05, 3.63) is 29.3 Å². The lowest BCUT2D eigenvalue weighted by atomic mass is 9.51. The van der Waals surface area contributed by atoms with E-state index in [-0.39, 0.29) is 5.41 Å². The third kappa shape index (κ3) is 2.10. The molecule has 0 unspecified atom stereocenters. The molecule has 3 aliphatic rings. The smallest absolute Gasteiger partial charge is 0.139 e. The summed E-state index contributed by atoms with van der Waals surface area (Å²) in [5.74, 6) is 4.13. The molecule has 0 amide bonds. The van der Waals surface area contributed by atoms with Gasteiger partial charge in [0.2, 0.25) is 0 Å². The largest absolute Gasteiger partial charge is 0.497 e. The van der Waals surface area contributed by atoms with Crippen LogP contribution in [0, 0.1) is 23.2 Å². The molecule has 2 fully saturated rings. The lowest BCUT2D eigenvalue weighted by Crippen LogP contribution is -2.46. The molecule has 5 atom stereocenters. The lowest BCUT2D eigenvalue weighted by molar-refractivity contribution is -0.131. The highest BCUT2D eigenvalue weighted by Gasteiger charge is 2.57. The van der Waals surface area contributed by atoms with E-state index >= 15 is 0 Å². The summed E-state index contributed by atoms with van der Waals surface area (Å²) < 4.78 is 5.42. The van der Waals surface area contributed by atoms with E-state index in [1.807, 2.05) is 0 Å². The van der Waals surface area contributed by atoms with Crippen LogP contribution in [0.3, 0.4) is 0 Å². The van der Waals surface area contributed by atoms with Crippen LogP contribution in [0.1, 0.15) is 63.0 Å². The fraction of sp³-hybridized carbons (Fsp3) is 0.667. The van der Waals surface area contributed by atoms with Gasteiger partial charge in [0, 0.05) is 11.8 Å². The van der Waals surface area contributed by atoms with E-state index in [9.17, 15) is 4.79 Å². The number of ketones is 1. The van der Waals surface area contributed by atoms with Crippen molar-refractivity contribution in [3.63, 3.8) is 0 Å². The number of carbonyl (C=O) groups is 1. The van der Waals surface area contributed by atoms with Gasteiger partial charge in [0.1, 0.15) is 11.5 Å². The van der Waals surface area contributed by atoms with Crippen LogP contribution >= 0.6 is 0 Å². The summed E-state index contributed by atoms with van der Waals surface area (Å²) in [4.78, 5) is 12.6. The molecule has 23 heavy (non-hydrogen) atoms. The fourth-order valence-corrected chi connectivity index (χ4v) is 6.16. The quantitative estimate of drug-likeness (QED) is 0.787. The molecule has 0 aromatic heterocycles. The SMILES string of the molecule is CC[C@H]1C[C@]2(C)C(=O)CC[C@@H]2[C@@H]2CCc3cc(OC)ccc3[C@@H]12. The summed E-state index contributed by atoms with van der Waals surface area (Å²) in [6, 6.07) is 6.68. The first-order valence-corrected chi connectivity index (χ1v) is 9.28. The highest BCUT2D eigenvalue weighted by Crippen LogP contribution is 2.62. The minimum Gasteiger partial charge on any atom is -0.497 e. The van der Waals surface area contributed by atoms with Gasteiger partial charge in [0.25, 0.3) is 0 Å². The molecule has 0 bridgehead atoms. The van der Waals surface area contributed by atoms with E-state index < -0.39 is 0 Å². The average molecular weight is 312 g/mol. The number of hydrogen-bond donors (Lipinski definition) is 0. The Hall–Kier alpha value is -1.31. The van der Waals surface area contributed by atoms with Gasteiger partial charge in [-0.15, -0.1) is 0 Å². The zero-order valence-corrected chi connectivity index (χ0v) is 14.6. The van der Waals surface area contributed by atoms with E-state index in [2.05, 4.69) is 32.0 Å². The van der Waals surface area contributed by atoms with Gasteiger partial charge >= 0.3 is 0 Å². The summed E-state index contributed by atoms with van der Waals surface area (Å²) in [6.07, 6.45) is 6.61. The van der Waals surface area contributed by atoms with Crippen molar-refractivity contribution in [2.24, 2.45) is 23.2 Å². The number of aryl methyl sites for hydroxylation is 1. The topological polar surface area (TPSA) is 26.3 Å². The van der Waals surface area contributed by atoms with Gasteiger partial charge in [0.15, 0.2) is 0 Å². The minimum absolute atomic E-state index is 0.0359. The van der Waals surface area contributed by atoms with Crippen LogP contribution in [-0.2, 0) is 11.2 Å². The first-order chi connectivity index (χ1) is 11.1. The van der Waals surface area contributed by atoms with Gasteiger partial charge in [-0.3, -0.25) is 4.79 Å². The molecule has 124 valence electrons. The molecular weight excluding hydrogens is 284 g/mol. The summed E-state index contributed by atoms with van der Waals surface area (Å²) >= 11 is 0. The highest BCUT2D eigenvalue weighted by molar-refractivity contribution is 5.87. The Balaban J connectivity index is 1.77. The van der Waals surface area contributed by atoms with Crippen molar-refractivity contribution in [3.8, 4) is 5.75 Å². The summed E-state index contributed by atoms with van der Waals surface area (Å²) in [5.41, 5.74) is 3.00. The second-order valence-corrected chi connectivity index (χ2v) is 8.15. The standard InChI is InChI=1S/C21H28O2/c1-4-13-12-21(2)18(9-10-19(21)22)17-7-5-14-11-15(23-3)6-8-16(14)20(13)17/h6,8,11,13,17-18,20H,4-5,7,9-10,12H2,1-3H3/t13-,17-,18+,20+,21-/m0/s1. The molecule has 1 aromatic carbocycles. The monoisotopic (exact) mass is 312 g/mol. The minimum atomic E-state index is -0.0359. The third-order valence-corrected chi connectivity index (χ3v) is 7.29. The van der Waals surface area contributed by atoms with Crippen LogP contribution < -0.4 is 4.74 Å². The number of benzene rings is 1. The Morgan fingerprint density at radius 1 is 1.26 bits per heavy atom. The van der Waals surface area contributed by atoms with Crippen molar-refractivity contribution in [1.82, 2.24) is 0 Å². The molecule has 0 spiro atoms. The number of ether oxygens (including phenoxy) is 1. The van der Waals surface area contributed by atoms with Crippen molar-refractivity contribution in [1.29, 1.82) is 0 Å². The second-order valence-electron chi connectivity index (χ2n) is 8.15. The Morgan fingerprint density at radius 3 is 2.83 bits per heavy atom. The molecule has 2 saturated carbocycles. The van der Waals surface area contributed by atoms with Gasteiger partial charge in [-0.05, 0) is 72.6 Å². The van der Waals surface area contributed by atoms with Crippen LogP contribution in [0.25, 0.3) is 0 Å². The molecule has 1 aromatic rings.